The van der Waals surface area contributed by atoms with E-state index in [9.17, 15) is 5.26 Å². The Kier molecular flexibility index (Phi) is 12.0. The molecule has 0 heterocycles. The lowest BCUT2D eigenvalue weighted by Gasteiger charge is -2.52. The summed E-state index contributed by atoms with van der Waals surface area (Å²) in [4.78, 5) is 0. The van der Waals surface area contributed by atoms with Crippen LogP contribution in [0.15, 0.2) is 152 Å². The first-order valence-corrected chi connectivity index (χ1v) is 16.6. The number of rotatable bonds is 15. The third-order valence-electron chi connectivity index (χ3n) is 8.78. The molecule has 6 rings (SSSR count). The molecule has 1 fully saturated rings. The molecule has 1 aliphatic rings. The average molecular weight is 655 g/mol. The van der Waals surface area contributed by atoms with Crippen LogP contribution in [0.25, 0.3) is 0 Å². The largest absolute Gasteiger partial charge is 0.368 e. The highest BCUT2D eigenvalue weighted by Gasteiger charge is 2.62. The van der Waals surface area contributed by atoms with E-state index in [4.69, 9.17) is 29.4 Å². The molecule has 250 valence electrons. The van der Waals surface area contributed by atoms with E-state index >= 15 is 0 Å². The summed E-state index contributed by atoms with van der Waals surface area (Å²) in [5, 5.41) is 11.0. The lowest BCUT2D eigenvalue weighted by molar-refractivity contribution is -0.267. The number of hydrogen-bond acceptors (Lipinski definition) is 7. The van der Waals surface area contributed by atoms with E-state index in [1.165, 1.54) is 0 Å². The second-order valence-corrected chi connectivity index (χ2v) is 12.3. The molecule has 0 spiro atoms. The van der Waals surface area contributed by atoms with Crippen molar-refractivity contribution in [3.8, 4) is 6.07 Å². The smallest absolute Gasteiger partial charge is 0.162 e. The Morgan fingerprint density at radius 1 is 0.408 bits per heavy atom. The molecule has 1 saturated carbocycles. The van der Waals surface area contributed by atoms with Crippen LogP contribution >= 0.6 is 0 Å². The van der Waals surface area contributed by atoms with Gasteiger partial charge in [0, 0.05) is 0 Å². The number of nitrogens with zero attached hydrogens (tertiary/aromatic N) is 1. The quantitative estimate of drug-likeness (QED) is 0.128. The molecule has 0 bridgehead atoms. The van der Waals surface area contributed by atoms with Crippen LogP contribution < -0.4 is 5.73 Å². The van der Waals surface area contributed by atoms with Crippen molar-refractivity contribution in [3.05, 3.63) is 179 Å². The van der Waals surface area contributed by atoms with E-state index in [-0.39, 0.29) is 33.0 Å². The van der Waals surface area contributed by atoms with E-state index in [2.05, 4.69) is 6.07 Å². The van der Waals surface area contributed by atoms with Gasteiger partial charge in [-0.2, -0.15) is 5.26 Å². The summed E-state index contributed by atoms with van der Waals surface area (Å²) in [6.07, 6.45) is -4.21. The van der Waals surface area contributed by atoms with Gasteiger partial charge >= 0.3 is 0 Å². The topological polar surface area (TPSA) is 96.0 Å². The Balaban J connectivity index is 1.41. The van der Waals surface area contributed by atoms with Gasteiger partial charge in [0.15, 0.2) is 5.54 Å². The molecule has 6 atom stereocenters. The van der Waals surface area contributed by atoms with E-state index in [1.807, 2.05) is 152 Å². The first-order chi connectivity index (χ1) is 24.1. The fourth-order valence-electron chi connectivity index (χ4n) is 6.20. The van der Waals surface area contributed by atoms with Gasteiger partial charge < -0.3 is 29.4 Å². The van der Waals surface area contributed by atoms with Crippen molar-refractivity contribution in [2.45, 2.75) is 69.1 Å². The van der Waals surface area contributed by atoms with Crippen molar-refractivity contribution >= 4 is 0 Å². The SMILES string of the molecule is N#CC1(N)[C@H](OCc2ccccc2)[C@@H](OCc2ccccc2)C(OCc2ccccc2)[C@@H](OCc2ccccc2)[C@@H]1OCc1ccccc1. The number of nitrogens with two attached hydrogens (primary N) is 1. The van der Waals surface area contributed by atoms with Crippen LogP contribution in [0, 0.1) is 11.3 Å². The zero-order valence-electron chi connectivity index (χ0n) is 27.4. The number of hydrogen-bond donors (Lipinski definition) is 1. The van der Waals surface area contributed by atoms with E-state index in [0.717, 1.165) is 27.8 Å². The number of nitriles is 1. The fourth-order valence-corrected chi connectivity index (χ4v) is 6.20. The van der Waals surface area contributed by atoms with Gasteiger partial charge in [-0.05, 0) is 27.8 Å². The normalized spacial score (nSPS) is 23.5. The van der Waals surface area contributed by atoms with Crippen LogP contribution in [-0.4, -0.2) is 36.1 Å². The minimum atomic E-state index is -1.68. The van der Waals surface area contributed by atoms with Crippen molar-refractivity contribution < 1.29 is 23.7 Å². The van der Waals surface area contributed by atoms with Gasteiger partial charge in [-0.25, -0.2) is 0 Å². The van der Waals surface area contributed by atoms with Gasteiger partial charge in [-0.15, -0.1) is 0 Å². The van der Waals surface area contributed by atoms with Crippen molar-refractivity contribution in [3.63, 3.8) is 0 Å². The van der Waals surface area contributed by atoms with Crippen LogP contribution in [0.2, 0.25) is 0 Å². The monoisotopic (exact) mass is 654 g/mol. The summed E-state index contributed by atoms with van der Waals surface area (Å²) in [5.74, 6) is 0. The van der Waals surface area contributed by atoms with Gasteiger partial charge in [0.2, 0.25) is 0 Å². The molecule has 1 aliphatic carbocycles. The van der Waals surface area contributed by atoms with E-state index < -0.39 is 36.1 Å². The molecule has 0 aromatic heterocycles. The molecule has 7 heteroatoms. The molecule has 2 unspecified atom stereocenters. The lowest BCUT2D eigenvalue weighted by atomic mass is 9.73. The summed E-state index contributed by atoms with van der Waals surface area (Å²) >= 11 is 0. The average Bonchev–Trinajstić information content (AvgIpc) is 3.17. The van der Waals surface area contributed by atoms with Crippen molar-refractivity contribution in [2.75, 3.05) is 0 Å². The minimum Gasteiger partial charge on any atom is -0.368 e. The molecule has 0 radical (unpaired) electrons. The Morgan fingerprint density at radius 2 is 0.653 bits per heavy atom. The van der Waals surface area contributed by atoms with Gasteiger partial charge in [-0.3, -0.25) is 0 Å². The summed E-state index contributed by atoms with van der Waals surface area (Å²) in [7, 11) is 0. The second kappa shape index (κ2) is 17.1. The first-order valence-electron chi connectivity index (χ1n) is 16.6. The maximum absolute atomic E-state index is 11.0. The van der Waals surface area contributed by atoms with Gasteiger partial charge in [0.1, 0.15) is 30.5 Å². The highest BCUT2D eigenvalue weighted by Crippen LogP contribution is 2.39. The zero-order chi connectivity index (χ0) is 33.7. The number of ether oxygens (including phenoxy) is 5. The van der Waals surface area contributed by atoms with Crippen LogP contribution in [0.3, 0.4) is 0 Å². The van der Waals surface area contributed by atoms with Gasteiger partial charge in [0.25, 0.3) is 0 Å². The maximum Gasteiger partial charge on any atom is 0.162 e. The molecule has 0 amide bonds. The van der Waals surface area contributed by atoms with Gasteiger partial charge in [0.05, 0.1) is 39.1 Å². The third-order valence-corrected chi connectivity index (χ3v) is 8.78. The number of benzene rings is 5. The molecule has 0 saturated heterocycles. The zero-order valence-corrected chi connectivity index (χ0v) is 27.4. The van der Waals surface area contributed by atoms with Gasteiger partial charge in [-0.1, -0.05) is 152 Å². The van der Waals surface area contributed by atoms with E-state index in [0.29, 0.717) is 0 Å². The lowest BCUT2D eigenvalue weighted by Crippen LogP contribution is -2.76. The van der Waals surface area contributed by atoms with Crippen molar-refractivity contribution in [1.29, 1.82) is 5.26 Å². The first kappa shape index (κ1) is 34.2. The Morgan fingerprint density at radius 3 is 0.918 bits per heavy atom. The summed E-state index contributed by atoms with van der Waals surface area (Å²) in [6.45, 7) is 1.21. The molecule has 2 N–H and O–H groups in total. The molecular weight excluding hydrogens is 612 g/mol. The third kappa shape index (κ3) is 8.88. The Hall–Kier alpha value is -4.65. The standard InChI is InChI=1S/C42H42N2O5/c43-31-42(44)40(48-29-35-22-12-4-13-23-35)38(46-27-33-18-8-2-9-19-33)37(45-26-32-16-6-1-7-17-32)39(47-28-34-20-10-3-11-21-34)41(42)49-30-36-24-14-5-15-25-36/h1-25,37-41H,26-30,44H2/t37?,38-,39+,40+,41-,42?. The van der Waals surface area contributed by atoms with Crippen molar-refractivity contribution in [2.24, 2.45) is 5.73 Å². The molecule has 49 heavy (non-hydrogen) atoms. The summed E-state index contributed by atoms with van der Waals surface area (Å²) < 4.78 is 33.6. The molecule has 5 aromatic rings. The summed E-state index contributed by atoms with van der Waals surface area (Å²) in [6, 6.07) is 51.8. The highest BCUT2D eigenvalue weighted by molar-refractivity contribution is 5.26. The highest BCUT2D eigenvalue weighted by atomic mass is 16.6. The molecular formula is C42H42N2O5. The van der Waals surface area contributed by atoms with E-state index in [1.54, 1.807) is 0 Å². The molecule has 7 nitrogen and oxygen atoms in total. The van der Waals surface area contributed by atoms with Crippen LogP contribution in [0.4, 0.5) is 0 Å². The predicted molar refractivity (Wildman–Crippen MR) is 188 cm³/mol. The Labute approximate surface area is 288 Å². The van der Waals surface area contributed by atoms with Crippen LogP contribution in [-0.2, 0) is 56.7 Å². The molecule has 5 aromatic carbocycles. The minimum absolute atomic E-state index is 0.212. The Bertz CT molecular complexity index is 1620. The maximum atomic E-state index is 11.0. The summed E-state index contributed by atoms with van der Waals surface area (Å²) in [5.41, 5.74) is 10.4. The second-order valence-electron chi connectivity index (χ2n) is 12.3. The van der Waals surface area contributed by atoms with Crippen LogP contribution in [0.1, 0.15) is 27.8 Å². The predicted octanol–water partition coefficient (Wildman–Crippen LogP) is 7.15. The fraction of sp³-hybridized carbons (Fsp3) is 0.262. The van der Waals surface area contributed by atoms with Crippen LogP contribution in [0.5, 0.6) is 0 Å². The van der Waals surface area contributed by atoms with Crippen molar-refractivity contribution in [1.82, 2.24) is 0 Å². The molecule has 0 aliphatic heterocycles.